The topological polar surface area (TPSA) is 194 Å². The molecular weight excluding hydrogens is 765 g/mol. The van der Waals surface area contributed by atoms with Crippen LogP contribution in [0.4, 0.5) is 27.9 Å². The number of likely N-dealkylation sites (N-methyl/N-ethyl adjacent to an activating group) is 1. The van der Waals surface area contributed by atoms with Gasteiger partial charge in [-0.3, -0.25) is 24.5 Å². The first-order valence-electron chi connectivity index (χ1n) is 21.5. The average Bonchev–Trinajstić information content (AvgIpc) is 3.77. The Hall–Kier alpha value is -5.84. The van der Waals surface area contributed by atoms with E-state index in [4.69, 9.17) is 10.7 Å². The van der Waals surface area contributed by atoms with Crippen LogP contribution in [0.2, 0.25) is 0 Å². The van der Waals surface area contributed by atoms with E-state index in [1.807, 2.05) is 41.1 Å². The number of nitrogens with one attached hydrogen (secondary N) is 2. The Morgan fingerprint density at radius 3 is 2.35 bits per heavy atom. The van der Waals surface area contributed by atoms with Crippen LogP contribution in [-0.4, -0.2) is 142 Å². The number of rotatable bonds is 10. The van der Waals surface area contributed by atoms with Gasteiger partial charge in [-0.2, -0.15) is 4.98 Å². The molecule has 17 heteroatoms. The summed E-state index contributed by atoms with van der Waals surface area (Å²) in [5.41, 5.74) is 10.4. The molecule has 4 N–H and O–H groups in total. The highest BCUT2D eigenvalue weighted by Crippen LogP contribution is 2.34. The zero-order chi connectivity index (χ0) is 41.5. The SMILES string of the molecule is CN1CCN(C2CCCN(c3nnc(C(N)=O)c(Nc4ccc(C5CCN(CC6CCN(c7ccc8c(c7)C(=O)N(C7CCC(=O)NC7=O)C8)CC6)CC5)cc4)n3)C2)C1=O. The number of piperidine rings is 4. The van der Waals surface area contributed by atoms with Crippen LogP contribution in [0.3, 0.4) is 0 Å². The van der Waals surface area contributed by atoms with E-state index in [1.54, 1.807) is 9.80 Å². The second-order valence-corrected chi connectivity index (χ2v) is 17.3. The zero-order valence-electron chi connectivity index (χ0n) is 34.2. The number of hydrogen-bond donors (Lipinski definition) is 3. The number of nitrogens with zero attached hydrogens (tertiary/aromatic N) is 9. The summed E-state index contributed by atoms with van der Waals surface area (Å²) in [5.74, 6) is 0.251. The molecule has 9 rings (SSSR count). The first-order valence-corrected chi connectivity index (χ1v) is 21.5. The van der Waals surface area contributed by atoms with Gasteiger partial charge in [0, 0.05) is 82.8 Å². The molecule has 3 aromatic rings. The maximum absolute atomic E-state index is 13.4. The molecule has 316 valence electrons. The first kappa shape index (κ1) is 39.6. The van der Waals surface area contributed by atoms with E-state index in [1.165, 1.54) is 5.56 Å². The Kier molecular flexibility index (Phi) is 11.0. The molecule has 17 nitrogen and oxygen atoms in total. The smallest absolute Gasteiger partial charge is 0.320 e. The number of hydrogen-bond acceptors (Lipinski definition) is 12. The minimum absolute atomic E-state index is 0.0226. The Morgan fingerprint density at radius 2 is 1.63 bits per heavy atom. The highest BCUT2D eigenvalue weighted by molar-refractivity contribution is 6.05. The van der Waals surface area contributed by atoms with Crippen molar-refractivity contribution < 1.29 is 24.0 Å². The van der Waals surface area contributed by atoms with Crippen LogP contribution in [0.15, 0.2) is 42.5 Å². The fourth-order valence-electron chi connectivity index (χ4n) is 10.0. The fourth-order valence-corrected chi connectivity index (χ4v) is 10.0. The molecule has 5 fully saturated rings. The van der Waals surface area contributed by atoms with Crippen LogP contribution in [0.5, 0.6) is 0 Å². The molecule has 6 aliphatic rings. The number of fused-ring (bicyclic) bond motifs is 1. The summed E-state index contributed by atoms with van der Waals surface area (Å²) < 4.78 is 0. The Bertz CT molecular complexity index is 2150. The van der Waals surface area contributed by atoms with Crippen molar-refractivity contribution in [2.24, 2.45) is 11.7 Å². The Labute approximate surface area is 349 Å². The van der Waals surface area contributed by atoms with Crippen LogP contribution in [0.1, 0.15) is 89.3 Å². The van der Waals surface area contributed by atoms with Crippen LogP contribution < -0.4 is 26.2 Å². The van der Waals surface area contributed by atoms with Gasteiger partial charge in [0.2, 0.25) is 17.8 Å². The maximum Gasteiger partial charge on any atom is 0.320 e. The van der Waals surface area contributed by atoms with Gasteiger partial charge in [-0.1, -0.05) is 18.2 Å². The van der Waals surface area contributed by atoms with Crippen LogP contribution in [0.25, 0.3) is 0 Å². The number of likely N-dealkylation sites (tertiary alicyclic amines) is 1. The van der Waals surface area contributed by atoms with E-state index in [2.05, 4.69) is 48.8 Å². The number of amides is 6. The zero-order valence-corrected chi connectivity index (χ0v) is 34.2. The van der Waals surface area contributed by atoms with Gasteiger partial charge in [0.1, 0.15) is 6.04 Å². The number of carbonyl (C=O) groups excluding carboxylic acids is 5. The monoisotopic (exact) mass is 818 g/mol. The van der Waals surface area contributed by atoms with Crippen molar-refractivity contribution >= 4 is 52.8 Å². The number of nitrogens with two attached hydrogens (primary N) is 1. The van der Waals surface area contributed by atoms with Crippen molar-refractivity contribution in [2.45, 2.75) is 75.9 Å². The molecule has 5 saturated heterocycles. The number of urea groups is 1. The summed E-state index contributed by atoms with van der Waals surface area (Å²) in [6.45, 7) is 8.23. The highest BCUT2D eigenvalue weighted by Gasteiger charge is 2.40. The normalized spacial score (nSPS) is 23.4. The number of anilines is 4. The molecule has 0 aliphatic carbocycles. The van der Waals surface area contributed by atoms with E-state index < -0.39 is 11.9 Å². The molecule has 0 spiro atoms. The van der Waals surface area contributed by atoms with Gasteiger partial charge >= 0.3 is 6.03 Å². The van der Waals surface area contributed by atoms with Crippen molar-refractivity contribution in [3.8, 4) is 0 Å². The molecule has 0 radical (unpaired) electrons. The highest BCUT2D eigenvalue weighted by atomic mass is 16.2. The summed E-state index contributed by atoms with van der Waals surface area (Å²) >= 11 is 0. The molecule has 60 heavy (non-hydrogen) atoms. The maximum atomic E-state index is 13.4. The second-order valence-electron chi connectivity index (χ2n) is 17.3. The van der Waals surface area contributed by atoms with E-state index >= 15 is 0 Å². The van der Waals surface area contributed by atoms with Gasteiger partial charge in [0.15, 0.2) is 11.5 Å². The Balaban J connectivity index is 0.748. The summed E-state index contributed by atoms with van der Waals surface area (Å²) in [6, 6.07) is 13.9. The van der Waals surface area contributed by atoms with Crippen molar-refractivity contribution in [2.75, 3.05) is 81.1 Å². The van der Waals surface area contributed by atoms with Crippen LogP contribution in [0, 0.1) is 5.92 Å². The summed E-state index contributed by atoms with van der Waals surface area (Å²) in [4.78, 5) is 79.5. The van der Waals surface area contributed by atoms with Crippen LogP contribution in [-0.2, 0) is 16.1 Å². The van der Waals surface area contributed by atoms with E-state index in [0.717, 1.165) is 101 Å². The van der Waals surface area contributed by atoms with E-state index in [9.17, 15) is 24.0 Å². The van der Waals surface area contributed by atoms with Crippen molar-refractivity contribution in [3.05, 3.63) is 64.8 Å². The van der Waals surface area contributed by atoms with Gasteiger partial charge in [-0.05, 0) is 105 Å². The van der Waals surface area contributed by atoms with Crippen molar-refractivity contribution in [1.29, 1.82) is 0 Å². The Morgan fingerprint density at radius 1 is 0.850 bits per heavy atom. The number of carbonyl (C=O) groups is 5. The van der Waals surface area contributed by atoms with Crippen molar-refractivity contribution in [3.63, 3.8) is 0 Å². The number of aromatic nitrogens is 3. The van der Waals surface area contributed by atoms with Crippen molar-refractivity contribution in [1.82, 2.24) is 40.1 Å². The lowest BCUT2D eigenvalue weighted by Gasteiger charge is -2.38. The molecule has 7 heterocycles. The van der Waals surface area contributed by atoms with Gasteiger partial charge < -0.3 is 40.4 Å². The average molecular weight is 819 g/mol. The summed E-state index contributed by atoms with van der Waals surface area (Å²) in [6.07, 6.45) is 6.79. The number of benzene rings is 2. The molecule has 1 aromatic heterocycles. The third kappa shape index (κ3) is 8.06. The third-order valence-corrected chi connectivity index (χ3v) is 13.5. The predicted octanol–water partition coefficient (Wildman–Crippen LogP) is 2.91. The molecule has 6 aliphatic heterocycles. The van der Waals surface area contributed by atoms with Gasteiger partial charge in [0.25, 0.3) is 11.8 Å². The van der Waals surface area contributed by atoms with Gasteiger partial charge in [-0.15, -0.1) is 10.2 Å². The molecule has 0 bridgehead atoms. The lowest BCUT2D eigenvalue weighted by atomic mass is 9.88. The molecule has 2 atom stereocenters. The van der Waals surface area contributed by atoms with Crippen LogP contribution >= 0.6 is 0 Å². The lowest BCUT2D eigenvalue weighted by molar-refractivity contribution is -0.136. The molecule has 2 aromatic carbocycles. The predicted molar refractivity (Wildman–Crippen MR) is 224 cm³/mol. The largest absolute Gasteiger partial charge is 0.371 e. The number of imide groups is 1. The molecule has 0 saturated carbocycles. The quantitative estimate of drug-likeness (QED) is 0.254. The van der Waals surface area contributed by atoms with Gasteiger partial charge in [0.05, 0.1) is 6.04 Å². The fraction of sp³-hybridized carbons (Fsp3) is 0.535. The second kappa shape index (κ2) is 16.7. The molecular formula is C43H54N12O5. The standard InChI is InChI=1S/C43H54N12O5/c1-50-21-22-54(43(50)60)33-3-2-16-53(26-33)42-47-39(37(38(44)57)48-49-42)45-31-7-4-28(5-8-31)29-14-17-51(18-15-29)24-27-12-19-52(20-13-27)32-9-6-30-25-55(41(59)34(30)23-32)35-10-11-36(56)46-40(35)58/h4-9,23,27,29,33,35H,2-3,10-22,24-26H2,1H3,(H2,44,57)(H,45,47,49)(H,46,56,58). The van der Waals surface area contributed by atoms with Gasteiger partial charge in [-0.25, -0.2) is 4.79 Å². The first-order chi connectivity index (χ1) is 29.1. The summed E-state index contributed by atoms with van der Waals surface area (Å²) in [7, 11) is 1.83. The lowest BCUT2D eigenvalue weighted by Crippen LogP contribution is -2.52. The molecule has 6 amide bonds. The van der Waals surface area contributed by atoms with E-state index in [0.29, 0.717) is 49.4 Å². The third-order valence-electron chi connectivity index (χ3n) is 13.5. The minimum atomic E-state index is -0.710. The number of primary amides is 1. The minimum Gasteiger partial charge on any atom is -0.371 e. The van der Waals surface area contributed by atoms with E-state index in [-0.39, 0.29) is 47.7 Å². The molecule has 2 unspecified atom stereocenters. The summed E-state index contributed by atoms with van der Waals surface area (Å²) in [5, 5.41) is 14.1.